The quantitative estimate of drug-likeness (QED) is 0.611. The summed E-state index contributed by atoms with van der Waals surface area (Å²) in [6.45, 7) is 5.76. The molecular weight excluding hydrogens is 254 g/mol. The van der Waals surface area contributed by atoms with Crippen LogP contribution in [0.2, 0.25) is 0 Å². The molecule has 100 valence electrons. The summed E-state index contributed by atoms with van der Waals surface area (Å²) in [5.74, 6) is -1.34. The predicted molar refractivity (Wildman–Crippen MR) is 69.5 cm³/mol. The number of amides is 1. The zero-order valence-electron chi connectivity index (χ0n) is 10.6. The molecule has 1 heterocycles. The monoisotopic (exact) mass is 271 g/mol. The predicted octanol–water partition coefficient (Wildman–Crippen LogP) is 0.843. The third kappa shape index (κ3) is 3.51. The van der Waals surface area contributed by atoms with Crippen LogP contribution in [0.4, 0.5) is 5.13 Å². The molecule has 0 saturated heterocycles. The Morgan fingerprint density at radius 2 is 2.17 bits per heavy atom. The number of rotatable bonds is 5. The first-order valence-electron chi connectivity index (χ1n) is 5.68. The molecule has 0 fully saturated rings. The molecule has 0 spiro atoms. The Hall–Kier alpha value is -1.47. The molecule has 18 heavy (non-hydrogen) atoms. The van der Waals surface area contributed by atoms with Crippen LogP contribution in [0.5, 0.6) is 0 Å². The standard InChI is InChI=1S/C11H17N3O3S/c1-4-7-6(3)18-11(13-7)14-9(15)8(12)10(16)17-5-2/h8H,4-5,12H2,1-3H3,(H,13,14,15). The summed E-state index contributed by atoms with van der Waals surface area (Å²) >= 11 is 1.36. The Morgan fingerprint density at radius 1 is 1.50 bits per heavy atom. The third-order valence-corrected chi connectivity index (χ3v) is 3.21. The van der Waals surface area contributed by atoms with Gasteiger partial charge in [-0.2, -0.15) is 0 Å². The van der Waals surface area contributed by atoms with Gasteiger partial charge in [0.25, 0.3) is 5.91 Å². The van der Waals surface area contributed by atoms with Crippen molar-refractivity contribution in [1.29, 1.82) is 0 Å². The van der Waals surface area contributed by atoms with Gasteiger partial charge in [0.15, 0.2) is 11.2 Å². The number of nitrogens with one attached hydrogen (secondary N) is 1. The van der Waals surface area contributed by atoms with Gasteiger partial charge in [0, 0.05) is 4.88 Å². The summed E-state index contributed by atoms with van der Waals surface area (Å²) in [5, 5.41) is 2.97. The minimum Gasteiger partial charge on any atom is -0.464 e. The van der Waals surface area contributed by atoms with Crippen molar-refractivity contribution in [2.45, 2.75) is 33.2 Å². The second-order valence-corrected chi connectivity index (χ2v) is 4.80. The van der Waals surface area contributed by atoms with Gasteiger partial charge in [-0.15, -0.1) is 11.3 Å². The second-order valence-electron chi connectivity index (χ2n) is 3.59. The average molecular weight is 271 g/mol. The van der Waals surface area contributed by atoms with Crippen molar-refractivity contribution in [3.05, 3.63) is 10.6 Å². The van der Waals surface area contributed by atoms with E-state index in [9.17, 15) is 9.59 Å². The van der Waals surface area contributed by atoms with E-state index in [2.05, 4.69) is 15.0 Å². The summed E-state index contributed by atoms with van der Waals surface area (Å²) in [5.41, 5.74) is 6.39. The van der Waals surface area contributed by atoms with Crippen molar-refractivity contribution in [1.82, 2.24) is 4.98 Å². The van der Waals surface area contributed by atoms with Gasteiger partial charge in [0.1, 0.15) is 0 Å². The highest BCUT2D eigenvalue weighted by Gasteiger charge is 2.24. The molecule has 0 aromatic carbocycles. The SMILES string of the molecule is CCOC(=O)C(N)C(=O)Nc1nc(CC)c(C)s1. The molecule has 0 bridgehead atoms. The maximum absolute atomic E-state index is 11.7. The van der Waals surface area contributed by atoms with Gasteiger partial charge in [-0.05, 0) is 20.3 Å². The average Bonchev–Trinajstić information content (AvgIpc) is 2.68. The lowest BCUT2D eigenvalue weighted by molar-refractivity contribution is -0.146. The lowest BCUT2D eigenvalue weighted by atomic mass is 10.3. The maximum Gasteiger partial charge on any atom is 0.332 e. The normalized spacial score (nSPS) is 12.0. The van der Waals surface area contributed by atoms with Gasteiger partial charge < -0.3 is 15.8 Å². The number of ether oxygens (including phenoxy) is 1. The second kappa shape index (κ2) is 6.46. The van der Waals surface area contributed by atoms with Crippen LogP contribution in [0.1, 0.15) is 24.4 Å². The molecule has 1 atom stereocenters. The molecule has 3 N–H and O–H groups in total. The van der Waals surface area contributed by atoms with E-state index in [0.717, 1.165) is 17.0 Å². The highest BCUT2D eigenvalue weighted by molar-refractivity contribution is 7.15. The zero-order valence-corrected chi connectivity index (χ0v) is 11.5. The number of anilines is 1. The Bertz CT molecular complexity index is 445. The van der Waals surface area contributed by atoms with Crippen molar-refractivity contribution in [2.24, 2.45) is 5.73 Å². The number of aromatic nitrogens is 1. The molecule has 0 aliphatic rings. The van der Waals surface area contributed by atoms with Crippen molar-refractivity contribution >= 4 is 28.3 Å². The first-order chi connectivity index (χ1) is 8.49. The fourth-order valence-corrected chi connectivity index (χ4v) is 2.24. The summed E-state index contributed by atoms with van der Waals surface area (Å²) in [6, 6.07) is -1.32. The first kappa shape index (κ1) is 14.6. The van der Waals surface area contributed by atoms with Gasteiger partial charge in [-0.25, -0.2) is 9.78 Å². The van der Waals surface area contributed by atoms with Gasteiger partial charge in [-0.1, -0.05) is 6.92 Å². The number of thiazole rings is 1. The molecule has 0 aliphatic heterocycles. The molecule has 7 heteroatoms. The smallest absolute Gasteiger partial charge is 0.332 e. The fraction of sp³-hybridized carbons (Fsp3) is 0.545. The number of hydrogen-bond acceptors (Lipinski definition) is 6. The van der Waals surface area contributed by atoms with E-state index in [1.54, 1.807) is 6.92 Å². The molecule has 1 unspecified atom stereocenters. The lowest BCUT2D eigenvalue weighted by Crippen LogP contribution is -2.43. The van der Waals surface area contributed by atoms with E-state index in [1.165, 1.54) is 11.3 Å². The molecule has 0 saturated carbocycles. The van der Waals surface area contributed by atoms with Gasteiger partial charge in [0.2, 0.25) is 0 Å². The van der Waals surface area contributed by atoms with Crippen LogP contribution < -0.4 is 11.1 Å². The largest absolute Gasteiger partial charge is 0.464 e. The van der Waals surface area contributed by atoms with Gasteiger partial charge >= 0.3 is 5.97 Å². The van der Waals surface area contributed by atoms with Crippen molar-refractivity contribution < 1.29 is 14.3 Å². The topological polar surface area (TPSA) is 94.3 Å². The van der Waals surface area contributed by atoms with Crippen LogP contribution in [0, 0.1) is 6.92 Å². The maximum atomic E-state index is 11.7. The molecule has 0 radical (unpaired) electrons. The van der Waals surface area contributed by atoms with Gasteiger partial charge in [0.05, 0.1) is 12.3 Å². The number of aryl methyl sites for hydroxylation is 2. The molecule has 1 aromatic rings. The Labute approximate surface area is 110 Å². The summed E-state index contributed by atoms with van der Waals surface area (Å²) < 4.78 is 4.67. The van der Waals surface area contributed by atoms with Crippen molar-refractivity contribution in [3.63, 3.8) is 0 Å². The highest BCUT2D eigenvalue weighted by Crippen LogP contribution is 2.22. The third-order valence-electron chi connectivity index (χ3n) is 2.28. The van der Waals surface area contributed by atoms with Gasteiger partial charge in [-0.3, -0.25) is 4.79 Å². The van der Waals surface area contributed by atoms with E-state index in [0.29, 0.717) is 5.13 Å². The summed E-state index contributed by atoms with van der Waals surface area (Å²) in [4.78, 5) is 28.2. The van der Waals surface area contributed by atoms with E-state index in [4.69, 9.17) is 5.73 Å². The number of esters is 1. The number of carbonyl (C=O) groups is 2. The minimum absolute atomic E-state index is 0.191. The van der Waals surface area contributed by atoms with Crippen LogP contribution in [0.15, 0.2) is 0 Å². The number of carbonyl (C=O) groups excluding carboxylic acids is 2. The van der Waals surface area contributed by atoms with E-state index >= 15 is 0 Å². The summed E-state index contributed by atoms with van der Waals surface area (Å²) in [6.07, 6.45) is 0.794. The molecule has 1 aromatic heterocycles. The fourth-order valence-electron chi connectivity index (χ4n) is 1.33. The first-order valence-corrected chi connectivity index (χ1v) is 6.50. The number of nitrogens with two attached hydrogens (primary N) is 1. The Morgan fingerprint density at radius 3 is 2.67 bits per heavy atom. The Balaban J connectivity index is 2.66. The van der Waals surface area contributed by atoms with Crippen LogP contribution in [-0.4, -0.2) is 29.5 Å². The van der Waals surface area contributed by atoms with Crippen LogP contribution >= 0.6 is 11.3 Å². The van der Waals surface area contributed by atoms with Crippen LogP contribution in [0.25, 0.3) is 0 Å². The summed E-state index contributed by atoms with van der Waals surface area (Å²) in [7, 11) is 0. The highest BCUT2D eigenvalue weighted by atomic mass is 32.1. The van der Waals surface area contributed by atoms with Crippen LogP contribution in [0.3, 0.4) is 0 Å². The number of hydrogen-bond donors (Lipinski definition) is 2. The van der Waals surface area contributed by atoms with Crippen molar-refractivity contribution in [2.75, 3.05) is 11.9 Å². The van der Waals surface area contributed by atoms with Crippen molar-refractivity contribution in [3.8, 4) is 0 Å². The Kier molecular flexibility index (Phi) is 5.24. The lowest BCUT2D eigenvalue weighted by Gasteiger charge is -2.09. The molecule has 1 amide bonds. The van der Waals surface area contributed by atoms with E-state index in [-0.39, 0.29) is 6.61 Å². The molecule has 1 rings (SSSR count). The van der Waals surface area contributed by atoms with Crippen LogP contribution in [-0.2, 0) is 20.7 Å². The minimum atomic E-state index is -1.32. The molecule has 0 aliphatic carbocycles. The zero-order chi connectivity index (χ0) is 13.7. The molecule has 6 nitrogen and oxygen atoms in total. The number of nitrogens with zero attached hydrogens (tertiary/aromatic N) is 1. The van der Waals surface area contributed by atoms with E-state index in [1.807, 2.05) is 13.8 Å². The van der Waals surface area contributed by atoms with E-state index < -0.39 is 17.9 Å². The molecular formula is C11H17N3O3S.